The Labute approximate surface area is 80.9 Å². The Hall–Kier alpha value is -1.02. The predicted octanol–water partition coefficient (Wildman–Crippen LogP) is -2.15. The molecule has 7 nitrogen and oxygen atoms in total. The molecule has 0 aliphatic rings. The first-order chi connectivity index (χ1) is 6.07. The van der Waals surface area contributed by atoms with E-state index in [0.29, 0.717) is 0 Å². The van der Waals surface area contributed by atoms with Gasteiger partial charge in [-0.05, 0) is 0 Å². The third kappa shape index (κ3) is 2.74. The topological polar surface area (TPSA) is 139 Å². The van der Waals surface area contributed by atoms with Crippen molar-refractivity contribution < 1.29 is 29.6 Å². The standard InChI is InChI=1S/C7H12O6.H3N/c1-13-6(12)5(11)7(2-8,3-9)4-10;/h8-10H,2-4H2,1H3;1H3. The summed E-state index contributed by atoms with van der Waals surface area (Å²) >= 11 is 0. The van der Waals surface area contributed by atoms with Gasteiger partial charge < -0.3 is 26.2 Å². The van der Waals surface area contributed by atoms with Crippen LogP contribution in [0.15, 0.2) is 0 Å². The second-order valence-corrected chi connectivity index (χ2v) is 2.58. The van der Waals surface area contributed by atoms with E-state index in [1.54, 1.807) is 0 Å². The quantitative estimate of drug-likeness (QED) is 0.299. The Kier molecular flexibility index (Phi) is 7.10. The molecular weight excluding hydrogens is 194 g/mol. The molecule has 0 rings (SSSR count). The first kappa shape index (κ1) is 15.5. The zero-order chi connectivity index (χ0) is 10.5. The number of carbonyl (C=O) groups excluding carboxylic acids is 2. The maximum Gasteiger partial charge on any atom is 0.375 e. The summed E-state index contributed by atoms with van der Waals surface area (Å²) in [5, 5.41) is 26.2. The largest absolute Gasteiger partial charge is 0.463 e. The fraction of sp³-hybridized carbons (Fsp3) is 0.714. The van der Waals surface area contributed by atoms with Crippen molar-refractivity contribution in [2.45, 2.75) is 0 Å². The average Bonchev–Trinajstić information content (AvgIpc) is 2.20. The fourth-order valence-corrected chi connectivity index (χ4v) is 0.675. The summed E-state index contributed by atoms with van der Waals surface area (Å²) in [7, 11) is 0.997. The van der Waals surface area contributed by atoms with Crippen molar-refractivity contribution in [3.63, 3.8) is 0 Å². The lowest BCUT2D eigenvalue weighted by atomic mass is 9.86. The summed E-state index contributed by atoms with van der Waals surface area (Å²) in [6.07, 6.45) is 0. The number of ether oxygens (including phenoxy) is 1. The molecule has 0 aromatic rings. The van der Waals surface area contributed by atoms with E-state index in [1.165, 1.54) is 0 Å². The molecule has 0 heterocycles. The number of ketones is 1. The van der Waals surface area contributed by atoms with Gasteiger partial charge in [0.05, 0.1) is 26.9 Å². The van der Waals surface area contributed by atoms with E-state index in [1.807, 2.05) is 0 Å². The minimum atomic E-state index is -1.84. The van der Waals surface area contributed by atoms with Crippen LogP contribution >= 0.6 is 0 Å². The molecule has 0 aromatic carbocycles. The molecule has 0 saturated heterocycles. The van der Waals surface area contributed by atoms with Gasteiger partial charge in [0.1, 0.15) is 5.41 Å². The molecule has 0 aliphatic heterocycles. The van der Waals surface area contributed by atoms with Gasteiger partial charge in [0, 0.05) is 0 Å². The molecule has 0 aliphatic carbocycles. The summed E-state index contributed by atoms with van der Waals surface area (Å²) in [5.74, 6) is -2.33. The van der Waals surface area contributed by atoms with Crippen LogP contribution in [-0.4, -0.2) is 54.0 Å². The van der Waals surface area contributed by atoms with Crippen LogP contribution in [0.25, 0.3) is 0 Å². The van der Waals surface area contributed by atoms with Crippen molar-refractivity contribution in [1.82, 2.24) is 6.15 Å². The van der Waals surface area contributed by atoms with Crippen molar-refractivity contribution in [3.05, 3.63) is 0 Å². The lowest BCUT2D eigenvalue weighted by Gasteiger charge is -2.23. The lowest BCUT2D eigenvalue weighted by Crippen LogP contribution is -2.46. The second kappa shape index (κ2) is 6.44. The van der Waals surface area contributed by atoms with Gasteiger partial charge in [-0.2, -0.15) is 0 Å². The number of carbonyl (C=O) groups is 2. The summed E-state index contributed by atoms with van der Waals surface area (Å²) < 4.78 is 4.10. The van der Waals surface area contributed by atoms with Crippen LogP contribution in [0, 0.1) is 5.41 Å². The predicted molar refractivity (Wildman–Crippen MR) is 45.7 cm³/mol. The Balaban J connectivity index is 0. The molecule has 0 amide bonds. The fourth-order valence-electron chi connectivity index (χ4n) is 0.675. The Morgan fingerprint density at radius 3 is 1.71 bits per heavy atom. The second-order valence-electron chi connectivity index (χ2n) is 2.58. The Morgan fingerprint density at radius 1 is 1.14 bits per heavy atom. The van der Waals surface area contributed by atoms with Gasteiger partial charge >= 0.3 is 5.97 Å². The summed E-state index contributed by atoms with van der Waals surface area (Å²) in [6, 6.07) is 0. The first-order valence-corrected chi connectivity index (χ1v) is 3.53. The number of esters is 1. The molecule has 7 heteroatoms. The molecule has 84 valence electrons. The van der Waals surface area contributed by atoms with Gasteiger partial charge in [0.2, 0.25) is 0 Å². The third-order valence-corrected chi connectivity index (χ3v) is 1.76. The molecule has 0 spiro atoms. The number of methoxy groups -OCH3 is 1. The van der Waals surface area contributed by atoms with Crippen LogP contribution in [0.5, 0.6) is 0 Å². The molecule has 14 heavy (non-hydrogen) atoms. The highest BCUT2D eigenvalue weighted by atomic mass is 16.5. The van der Waals surface area contributed by atoms with E-state index in [-0.39, 0.29) is 6.15 Å². The average molecular weight is 209 g/mol. The highest BCUT2D eigenvalue weighted by Crippen LogP contribution is 2.16. The summed E-state index contributed by atoms with van der Waals surface area (Å²) in [4.78, 5) is 21.9. The van der Waals surface area contributed by atoms with Gasteiger partial charge in [-0.25, -0.2) is 4.79 Å². The molecule has 0 bridgehead atoms. The van der Waals surface area contributed by atoms with Crippen LogP contribution in [0.3, 0.4) is 0 Å². The van der Waals surface area contributed by atoms with Crippen LogP contribution < -0.4 is 6.15 Å². The van der Waals surface area contributed by atoms with Crippen molar-refractivity contribution in [2.75, 3.05) is 26.9 Å². The van der Waals surface area contributed by atoms with E-state index in [4.69, 9.17) is 15.3 Å². The van der Waals surface area contributed by atoms with Crippen molar-refractivity contribution in [2.24, 2.45) is 5.41 Å². The lowest BCUT2D eigenvalue weighted by molar-refractivity contribution is -0.161. The molecule has 0 atom stereocenters. The van der Waals surface area contributed by atoms with Gasteiger partial charge in [-0.1, -0.05) is 0 Å². The van der Waals surface area contributed by atoms with Crippen LogP contribution in [0.4, 0.5) is 0 Å². The number of rotatable bonds is 5. The minimum Gasteiger partial charge on any atom is -0.463 e. The molecule has 0 unspecified atom stereocenters. The van der Waals surface area contributed by atoms with E-state index >= 15 is 0 Å². The highest BCUT2D eigenvalue weighted by molar-refractivity contribution is 6.35. The zero-order valence-corrected chi connectivity index (χ0v) is 7.89. The maximum absolute atomic E-state index is 11.1. The molecule has 0 radical (unpaired) electrons. The van der Waals surface area contributed by atoms with E-state index < -0.39 is 37.0 Å². The minimum absolute atomic E-state index is 0. The number of hydrogen-bond donors (Lipinski definition) is 4. The normalized spacial score (nSPS) is 10.3. The number of Topliss-reactive ketones (excluding diaryl/α,β-unsaturated/α-hetero) is 1. The SMILES string of the molecule is COC(=O)C(=O)C(CO)(CO)CO.N. The highest BCUT2D eigenvalue weighted by Gasteiger charge is 2.41. The van der Waals surface area contributed by atoms with Gasteiger partial charge in [-0.15, -0.1) is 0 Å². The van der Waals surface area contributed by atoms with Gasteiger partial charge in [0.15, 0.2) is 0 Å². The van der Waals surface area contributed by atoms with Crippen LogP contribution in [0.1, 0.15) is 0 Å². The Morgan fingerprint density at radius 2 is 1.50 bits per heavy atom. The molecular formula is C7H15NO6. The number of aliphatic hydroxyl groups excluding tert-OH is 3. The van der Waals surface area contributed by atoms with Crippen molar-refractivity contribution >= 4 is 11.8 Å². The molecule has 6 N–H and O–H groups in total. The smallest absolute Gasteiger partial charge is 0.375 e. The Bertz CT molecular complexity index is 192. The number of hydrogen-bond acceptors (Lipinski definition) is 7. The van der Waals surface area contributed by atoms with Gasteiger partial charge in [-0.3, -0.25) is 4.79 Å². The maximum atomic E-state index is 11.1. The van der Waals surface area contributed by atoms with E-state index in [0.717, 1.165) is 7.11 Å². The summed E-state index contributed by atoms with van der Waals surface area (Å²) in [6.45, 7) is -2.43. The monoisotopic (exact) mass is 209 g/mol. The summed E-state index contributed by atoms with van der Waals surface area (Å²) in [5.41, 5.74) is -1.84. The zero-order valence-electron chi connectivity index (χ0n) is 7.89. The third-order valence-electron chi connectivity index (χ3n) is 1.76. The molecule has 0 fully saturated rings. The van der Waals surface area contributed by atoms with Crippen LogP contribution in [0.2, 0.25) is 0 Å². The van der Waals surface area contributed by atoms with Crippen LogP contribution in [-0.2, 0) is 14.3 Å². The van der Waals surface area contributed by atoms with Gasteiger partial charge in [0.25, 0.3) is 5.78 Å². The van der Waals surface area contributed by atoms with E-state index in [2.05, 4.69) is 4.74 Å². The molecule has 0 aromatic heterocycles. The van der Waals surface area contributed by atoms with Crippen molar-refractivity contribution in [3.8, 4) is 0 Å². The first-order valence-electron chi connectivity index (χ1n) is 3.53. The number of aliphatic hydroxyl groups is 3. The van der Waals surface area contributed by atoms with Crippen molar-refractivity contribution in [1.29, 1.82) is 0 Å². The molecule has 0 saturated carbocycles. The van der Waals surface area contributed by atoms with E-state index in [9.17, 15) is 9.59 Å².